The molecule has 0 spiro atoms. The van der Waals surface area contributed by atoms with Crippen molar-refractivity contribution in [3.63, 3.8) is 0 Å². The molecule has 1 heterocycles. The lowest BCUT2D eigenvalue weighted by atomic mass is 9.86. The highest BCUT2D eigenvalue weighted by molar-refractivity contribution is 5.68. The number of carboxylic acid groups (broad SMARTS) is 1. The van der Waals surface area contributed by atoms with Gasteiger partial charge in [0.1, 0.15) is 11.4 Å². The van der Waals surface area contributed by atoms with Gasteiger partial charge in [0.2, 0.25) is 0 Å². The van der Waals surface area contributed by atoms with Gasteiger partial charge in [0.05, 0.1) is 6.42 Å². The predicted molar refractivity (Wildman–Crippen MR) is 78.1 cm³/mol. The molecule has 20 heavy (non-hydrogen) atoms. The maximum atomic E-state index is 11.1. The second-order valence-electron chi connectivity index (χ2n) is 6.15. The number of rotatable bonds is 5. The number of hydrogen-bond donors (Lipinski definition) is 2. The second kappa shape index (κ2) is 5.44. The van der Waals surface area contributed by atoms with Crippen molar-refractivity contribution in [3.05, 3.63) is 29.3 Å². The molecule has 1 aliphatic rings. The normalized spacial score (nSPS) is 19.0. The lowest BCUT2D eigenvalue weighted by Gasteiger charge is -2.25. The van der Waals surface area contributed by atoms with Crippen molar-refractivity contribution in [3.8, 4) is 5.75 Å². The predicted octanol–water partition coefficient (Wildman–Crippen LogP) is 2.70. The van der Waals surface area contributed by atoms with Gasteiger partial charge in [0.25, 0.3) is 0 Å². The van der Waals surface area contributed by atoms with Crippen molar-refractivity contribution in [1.82, 2.24) is 0 Å². The molecule has 0 saturated heterocycles. The first kappa shape index (κ1) is 14.9. The molecule has 0 fully saturated rings. The van der Waals surface area contributed by atoms with E-state index in [2.05, 4.69) is 0 Å². The number of nitrogens with two attached hydrogens (primary N) is 1. The van der Waals surface area contributed by atoms with E-state index in [0.29, 0.717) is 0 Å². The number of benzene rings is 1. The molecule has 1 aliphatic heterocycles. The third-order valence-electron chi connectivity index (χ3n) is 3.90. The van der Waals surface area contributed by atoms with E-state index in [0.717, 1.165) is 29.7 Å². The van der Waals surface area contributed by atoms with Crippen molar-refractivity contribution < 1.29 is 14.6 Å². The van der Waals surface area contributed by atoms with Crippen LogP contribution in [-0.2, 0) is 11.2 Å². The number of carbonyl (C=O) groups is 1. The second-order valence-corrected chi connectivity index (χ2v) is 6.15. The Bertz CT molecular complexity index is 510. The molecule has 3 N–H and O–H groups in total. The minimum atomic E-state index is -0.825. The molecular formula is C16H23NO3. The molecule has 0 radical (unpaired) electrons. The van der Waals surface area contributed by atoms with E-state index in [-0.39, 0.29) is 24.0 Å². The summed E-state index contributed by atoms with van der Waals surface area (Å²) in [6.07, 6.45) is 1.62. The minimum absolute atomic E-state index is 0.0370. The number of carboxylic acids is 1. The quantitative estimate of drug-likeness (QED) is 0.868. The van der Waals surface area contributed by atoms with Crippen molar-refractivity contribution in [2.45, 2.75) is 57.6 Å². The first-order valence-corrected chi connectivity index (χ1v) is 7.12. The van der Waals surface area contributed by atoms with Crippen LogP contribution in [0.15, 0.2) is 18.2 Å². The van der Waals surface area contributed by atoms with Crippen molar-refractivity contribution >= 4 is 5.97 Å². The molecule has 1 aromatic carbocycles. The number of para-hydroxylation sites is 1. The molecule has 0 aromatic heterocycles. The molecule has 2 atom stereocenters. The van der Waals surface area contributed by atoms with Gasteiger partial charge in [-0.15, -0.1) is 0 Å². The summed E-state index contributed by atoms with van der Waals surface area (Å²) in [6, 6.07) is 5.78. The molecule has 110 valence electrons. The van der Waals surface area contributed by atoms with E-state index in [9.17, 15) is 4.79 Å². The fraction of sp³-hybridized carbons (Fsp3) is 0.562. The van der Waals surface area contributed by atoms with Crippen LogP contribution in [0.2, 0.25) is 0 Å². The van der Waals surface area contributed by atoms with Crippen molar-refractivity contribution in [2.75, 3.05) is 0 Å². The molecule has 2 rings (SSSR count). The third kappa shape index (κ3) is 2.96. The van der Waals surface area contributed by atoms with Crippen LogP contribution in [0.5, 0.6) is 5.75 Å². The van der Waals surface area contributed by atoms with Gasteiger partial charge < -0.3 is 15.6 Å². The smallest absolute Gasteiger partial charge is 0.304 e. The van der Waals surface area contributed by atoms with Gasteiger partial charge in [0, 0.05) is 18.4 Å². The van der Waals surface area contributed by atoms with Crippen LogP contribution < -0.4 is 10.5 Å². The highest BCUT2D eigenvalue weighted by Crippen LogP contribution is 2.42. The maximum Gasteiger partial charge on any atom is 0.304 e. The Balaban J connectivity index is 2.41. The standard InChI is InChI=1S/C16H23NO3/c1-4-13(17)12(8-14(18)19)11-7-5-6-10-9-16(2,3)20-15(10)11/h5-7,12-13H,4,8-9,17H2,1-3H3,(H,18,19). The Morgan fingerprint density at radius 1 is 1.50 bits per heavy atom. The lowest BCUT2D eigenvalue weighted by Crippen LogP contribution is -2.30. The molecule has 2 unspecified atom stereocenters. The van der Waals surface area contributed by atoms with Crippen LogP contribution in [0.1, 0.15) is 50.7 Å². The molecule has 0 bridgehead atoms. The van der Waals surface area contributed by atoms with Gasteiger partial charge in [-0.1, -0.05) is 25.1 Å². The van der Waals surface area contributed by atoms with E-state index in [1.807, 2.05) is 39.0 Å². The number of aliphatic carboxylic acids is 1. The molecule has 0 amide bonds. The summed E-state index contributed by atoms with van der Waals surface area (Å²) in [6.45, 7) is 6.07. The average molecular weight is 277 g/mol. The highest BCUT2D eigenvalue weighted by atomic mass is 16.5. The Kier molecular flexibility index (Phi) is 4.04. The van der Waals surface area contributed by atoms with Crippen LogP contribution >= 0.6 is 0 Å². The Morgan fingerprint density at radius 3 is 2.80 bits per heavy atom. The summed E-state index contributed by atoms with van der Waals surface area (Å²) in [5.74, 6) is -0.192. The van der Waals surface area contributed by atoms with Gasteiger partial charge in [0.15, 0.2) is 0 Å². The Morgan fingerprint density at radius 2 is 2.20 bits per heavy atom. The Labute approximate surface area is 119 Å². The van der Waals surface area contributed by atoms with E-state index < -0.39 is 5.97 Å². The summed E-state index contributed by atoms with van der Waals surface area (Å²) in [7, 11) is 0. The minimum Gasteiger partial charge on any atom is -0.487 e. The molecule has 4 nitrogen and oxygen atoms in total. The molecule has 1 aromatic rings. The number of fused-ring (bicyclic) bond motifs is 1. The first-order valence-electron chi connectivity index (χ1n) is 7.12. The fourth-order valence-corrected chi connectivity index (χ4v) is 2.90. The summed E-state index contributed by atoms with van der Waals surface area (Å²) in [4.78, 5) is 11.1. The summed E-state index contributed by atoms with van der Waals surface area (Å²) >= 11 is 0. The van der Waals surface area contributed by atoms with Crippen LogP contribution in [0.4, 0.5) is 0 Å². The van der Waals surface area contributed by atoms with Crippen LogP contribution in [0, 0.1) is 0 Å². The summed E-state index contributed by atoms with van der Waals surface area (Å²) < 4.78 is 6.03. The van der Waals surface area contributed by atoms with Crippen LogP contribution in [0.3, 0.4) is 0 Å². The number of hydrogen-bond acceptors (Lipinski definition) is 3. The number of ether oxygens (including phenoxy) is 1. The highest BCUT2D eigenvalue weighted by Gasteiger charge is 2.34. The largest absolute Gasteiger partial charge is 0.487 e. The van der Waals surface area contributed by atoms with Gasteiger partial charge in [-0.05, 0) is 31.4 Å². The summed E-state index contributed by atoms with van der Waals surface area (Å²) in [5, 5.41) is 9.14. The first-order chi connectivity index (χ1) is 9.34. The van der Waals surface area contributed by atoms with Gasteiger partial charge in [-0.2, -0.15) is 0 Å². The van der Waals surface area contributed by atoms with Gasteiger partial charge >= 0.3 is 5.97 Å². The molecule has 0 saturated carbocycles. The Hall–Kier alpha value is -1.55. The van der Waals surface area contributed by atoms with Gasteiger partial charge in [-0.25, -0.2) is 0 Å². The van der Waals surface area contributed by atoms with E-state index in [1.54, 1.807) is 0 Å². The van der Waals surface area contributed by atoms with Crippen molar-refractivity contribution in [1.29, 1.82) is 0 Å². The molecule has 4 heteroatoms. The maximum absolute atomic E-state index is 11.1. The van der Waals surface area contributed by atoms with Crippen molar-refractivity contribution in [2.24, 2.45) is 5.73 Å². The lowest BCUT2D eigenvalue weighted by molar-refractivity contribution is -0.137. The molecule has 0 aliphatic carbocycles. The third-order valence-corrected chi connectivity index (χ3v) is 3.90. The SMILES string of the molecule is CCC(N)C(CC(=O)O)c1cccc2c1OC(C)(C)C2. The van der Waals surface area contributed by atoms with Gasteiger partial charge in [-0.3, -0.25) is 4.79 Å². The van der Waals surface area contributed by atoms with Crippen LogP contribution in [-0.4, -0.2) is 22.7 Å². The zero-order chi connectivity index (χ0) is 14.9. The zero-order valence-electron chi connectivity index (χ0n) is 12.3. The molecular weight excluding hydrogens is 254 g/mol. The van der Waals surface area contributed by atoms with E-state index in [4.69, 9.17) is 15.6 Å². The summed E-state index contributed by atoms with van der Waals surface area (Å²) in [5.41, 5.74) is 7.99. The van der Waals surface area contributed by atoms with Crippen LogP contribution in [0.25, 0.3) is 0 Å². The monoisotopic (exact) mass is 277 g/mol. The topological polar surface area (TPSA) is 72.6 Å². The average Bonchev–Trinajstić information content (AvgIpc) is 2.68. The fourth-order valence-electron chi connectivity index (χ4n) is 2.90. The van der Waals surface area contributed by atoms with E-state index in [1.165, 1.54) is 0 Å². The zero-order valence-corrected chi connectivity index (χ0v) is 12.3. The van der Waals surface area contributed by atoms with E-state index >= 15 is 0 Å².